The zero-order valence-electron chi connectivity index (χ0n) is 12.9. The van der Waals surface area contributed by atoms with Crippen molar-refractivity contribution in [1.82, 2.24) is 4.90 Å². The van der Waals surface area contributed by atoms with Crippen LogP contribution in [0.5, 0.6) is 0 Å². The lowest BCUT2D eigenvalue weighted by Crippen LogP contribution is -2.42. The van der Waals surface area contributed by atoms with Crippen molar-refractivity contribution in [1.29, 1.82) is 0 Å². The molecule has 0 unspecified atom stereocenters. The number of piperidine rings is 1. The quantitative estimate of drug-likeness (QED) is 0.868. The standard InChI is InChI=1S/C17H22N2O2S/c1-22-15-5-3-2-4-14(15)18-16(20)12-8-10-19(11-9-12)17(21)13-6-7-13/h2-5,12-13H,6-11H2,1H3,(H,18,20). The van der Waals surface area contributed by atoms with Crippen LogP contribution >= 0.6 is 11.8 Å². The summed E-state index contributed by atoms with van der Waals surface area (Å²) in [6.45, 7) is 1.44. The van der Waals surface area contributed by atoms with Gasteiger partial charge in [0, 0.05) is 29.8 Å². The lowest BCUT2D eigenvalue weighted by Gasteiger charge is -2.31. The van der Waals surface area contributed by atoms with Gasteiger partial charge in [-0.1, -0.05) is 12.1 Å². The number of hydrogen-bond donors (Lipinski definition) is 1. The topological polar surface area (TPSA) is 49.4 Å². The highest BCUT2D eigenvalue weighted by molar-refractivity contribution is 7.98. The molecule has 1 aromatic rings. The number of carbonyl (C=O) groups excluding carboxylic acids is 2. The van der Waals surface area contributed by atoms with Gasteiger partial charge in [-0.05, 0) is 44.1 Å². The lowest BCUT2D eigenvalue weighted by atomic mass is 9.95. The predicted octanol–water partition coefficient (Wildman–Crippen LogP) is 3.00. The second-order valence-electron chi connectivity index (χ2n) is 6.06. The molecule has 2 fully saturated rings. The van der Waals surface area contributed by atoms with Crippen molar-refractivity contribution in [3.05, 3.63) is 24.3 Å². The van der Waals surface area contributed by atoms with E-state index in [1.165, 1.54) is 0 Å². The highest BCUT2D eigenvalue weighted by atomic mass is 32.2. The van der Waals surface area contributed by atoms with Crippen LogP contribution in [-0.4, -0.2) is 36.1 Å². The molecule has 1 N–H and O–H groups in total. The minimum Gasteiger partial charge on any atom is -0.342 e. The smallest absolute Gasteiger partial charge is 0.227 e. The number of anilines is 1. The Hall–Kier alpha value is -1.49. The molecule has 0 spiro atoms. The maximum Gasteiger partial charge on any atom is 0.227 e. The number of carbonyl (C=O) groups is 2. The third-order valence-corrected chi connectivity index (χ3v) is 5.26. The number of para-hydroxylation sites is 1. The van der Waals surface area contributed by atoms with Crippen LogP contribution in [-0.2, 0) is 9.59 Å². The van der Waals surface area contributed by atoms with E-state index in [9.17, 15) is 9.59 Å². The van der Waals surface area contributed by atoms with Crippen LogP contribution in [0.1, 0.15) is 25.7 Å². The molecule has 3 rings (SSSR count). The van der Waals surface area contributed by atoms with Crippen LogP contribution in [0.4, 0.5) is 5.69 Å². The van der Waals surface area contributed by atoms with Crippen LogP contribution in [0.25, 0.3) is 0 Å². The van der Waals surface area contributed by atoms with Gasteiger partial charge in [0.1, 0.15) is 0 Å². The average molecular weight is 318 g/mol. The number of thioether (sulfide) groups is 1. The van der Waals surface area contributed by atoms with E-state index in [0.717, 1.165) is 49.4 Å². The van der Waals surface area contributed by atoms with Gasteiger partial charge in [0.15, 0.2) is 0 Å². The van der Waals surface area contributed by atoms with Gasteiger partial charge in [0.2, 0.25) is 11.8 Å². The van der Waals surface area contributed by atoms with Gasteiger partial charge < -0.3 is 10.2 Å². The van der Waals surface area contributed by atoms with E-state index < -0.39 is 0 Å². The zero-order valence-corrected chi connectivity index (χ0v) is 13.7. The Labute approximate surface area is 135 Å². The van der Waals surface area contributed by atoms with Crippen molar-refractivity contribution < 1.29 is 9.59 Å². The third-order valence-electron chi connectivity index (χ3n) is 4.47. The number of likely N-dealkylation sites (tertiary alicyclic amines) is 1. The maximum atomic E-state index is 12.4. The Morgan fingerprint density at radius 3 is 2.41 bits per heavy atom. The molecular formula is C17H22N2O2S. The average Bonchev–Trinajstić information content (AvgIpc) is 3.40. The number of hydrogen-bond acceptors (Lipinski definition) is 3. The summed E-state index contributed by atoms with van der Waals surface area (Å²) in [6, 6.07) is 7.86. The second kappa shape index (κ2) is 6.73. The molecule has 0 aromatic heterocycles. The number of nitrogens with one attached hydrogen (secondary N) is 1. The zero-order chi connectivity index (χ0) is 15.5. The number of nitrogens with zero attached hydrogens (tertiary/aromatic N) is 1. The van der Waals surface area contributed by atoms with Crippen LogP contribution in [0.2, 0.25) is 0 Å². The highest BCUT2D eigenvalue weighted by Gasteiger charge is 2.35. The van der Waals surface area contributed by atoms with Crippen molar-refractivity contribution in [2.24, 2.45) is 11.8 Å². The van der Waals surface area contributed by atoms with E-state index in [2.05, 4.69) is 5.32 Å². The summed E-state index contributed by atoms with van der Waals surface area (Å²) < 4.78 is 0. The Bertz CT molecular complexity index is 564. The Balaban J connectivity index is 1.54. The molecule has 118 valence electrons. The molecule has 1 aliphatic heterocycles. The second-order valence-corrected chi connectivity index (χ2v) is 6.91. The summed E-state index contributed by atoms with van der Waals surface area (Å²) in [5.41, 5.74) is 0.886. The first-order chi connectivity index (χ1) is 10.7. The Morgan fingerprint density at radius 2 is 1.77 bits per heavy atom. The molecule has 1 aromatic carbocycles. The van der Waals surface area contributed by atoms with Gasteiger partial charge in [0.25, 0.3) is 0 Å². The van der Waals surface area contributed by atoms with Gasteiger partial charge in [-0.2, -0.15) is 0 Å². The van der Waals surface area contributed by atoms with Gasteiger partial charge >= 0.3 is 0 Å². The Kier molecular flexibility index (Phi) is 4.71. The first-order valence-electron chi connectivity index (χ1n) is 7.91. The van der Waals surface area contributed by atoms with E-state index >= 15 is 0 Å². The normalized spacial score (nSPS) is 19.0. The monoisotopic (exact) mass is 318 g/mol. The van der Waals surface area contributed by atoms with E-state index in [0.29, 0.717) is 5.91 Å². The molecule has 1 aliphatic carbocycles. The predicted molar refractivity (Wildman–Crippen MR) is 88.9 cm³/mol. The van der Waals surface area contributed by atoms with Crippen molar-refractivity contribution in [3.63, 3.8) is 0 Å². The first kappa shape index (κ1) is 15.4. The largest absolute Gasteiger partial charge is 0.342 e. The summed E-state index contributed by atoms with van der Waals surface area (Å²) in [5.74, 6) is 0.670. The van der Waals surface area contributed by atoms with Crippen LogP contribution in [0, 0.1) is 11.8 Å². The molecule has 2 aliphatic rings. The first-order valence-corrected chi connectivity index (χ1v) is 9.14. The van der Waals surface area contributed by atoms with Gasteiger partial charge in [-0.15, -0.1) is 11.8 Å². The molecule has 1 heterocycles. The van der Waals surface area contributed by atoms with Crippen LogP contribution in [0.3, 0.4) is 0 Å². The molecule has 0 atom stereocenters. The molecule has 22 heavy (non-hydrogen) atoms. The fourth-order valence-corrected chi connectivity index (χ4v) is 3.49. The van der Waals surface area contributed by atoms with E-state index in [4.69, 9.17) is 0 Å². The molecule has 5 heteroatoms. The van der Waals surface area contributed by atoms with Crippen LogP contribution < -0.4 is 5.32 Å². The fraction of sp³-hybridized carbons (Fsp3) is 0.529. The minimum absolute atomic E-state index is 0.0122. The maximum absolute atomic E-state index is 12.4. The van der Waals surface area contributed by atoms with Crippen molar-refractivity contribution >= 4 is 29.3 Å². The molecule has 0 bridgehead atoms. The highest BCUT2D eigenvalue weighted by Crippen LogP contribution is 2.33. The summed E-state index contributed by atoms with van der Waals surface area (Å²) in [5, 5.41) is 3.05. The van der Waals surface area contributed by atoms with Crippen molar-refractivity contribution in [2.45, 2.75) is 30.6 Å². The minimum atomic E-state index is 0.0122. The Morgan fingerprint density at radius 1 is 1.09 bits per heavy atom. The van der Waals surface area contributed by atoms with Gasteiger partial charge in [0.05, 0.1) is 5.69 Å². The number of amides is 2. The third kappa shape index (κ3) is 3.46. The molecule has 0 radical (unpaired) electrons. The van der Waals surface area contributed by atoms with Gasteiger partial charge in [-0.25, -0.2) is 0 Å². The number of benzene rings is 1. The fourth-order valence-electron chi connectivity index (χ4n) is 2.93. The summed E-state index contributed by atoms with van der Waals surface area (Å²) in [6.07, 6.45) is 5.64. The lowest BCUT2D eigenvalue weighted by molar-refractivity contribution is -0.135. The van der Waals surface area contributed by atoms with Crippen LogP contribution in [0.15, 0.2) is 29.2 Å². The molecule has 1 saturated heterocycles. The summed E-state index contributed by atoms with van der Waals surface area (Å²) in [7, 11) is 0. The van der Waals surface area contributed by atoms with E-state index in [1.807, 2.05) is 35.4 Å². The van der Waals surface area contributed by atoms with E-state index in [1.54, 1.807) is 11.8 Å². The van der Waals surface area contributed by atoms with Crippen molar-refractivity contribution in [3.8, 4) is 0 Å². The SMILES string of the molecule is CSc1ccccc1NC(=O)C1CCN(C(=O)C2CC2)CC1. The molecule has 1 saturated carbocycles. The molecule has 4 nitrogen and oxygen atoms in total. The molecular weight excluding hydrogens is 296 g/mol. The van der Waals surface area contributed by atoms with E-state index in [-0.39, 0.29) is 17.7 Å². The van der Waals surface area contributed by atoms with Crippen molar-refractivity contribution in [2.75, 3.05) is 24.7 Å². The number of rotatable bonds is 4. The summed E-state index contributed by atoms with van der Waals surface area (Å²) in [4.78, 5) is 27.5. The molecule has 2 amide bonds. The summed E-state index contributed by atoms with van der Waals surface area (Å²) >= 11 is 1.63. The van der Waals surface area contributed by atoms with Gasteiger partial charge in [-0.3, -0.25) is 9.59 Å².